The number of likely N-dealkylation sites (tertiary alicyclic amines) is 1. The Morgan fingerprint density at radius 1 is 0.800 bits per heavy atom. The van der Waals surface area contributed by atoms with Crippen molar-refractivity contribution in [3.8, 4) is 0 Å². The van der Waals surface area contributed by atoms with Crippen molar-refractivity contribution >= 4 is 55.4 Å². The van der Waals surface area contributed by atoms with Gasteiger partial charge in [-0.15, -0.1) is 0 Å². The topological polar surface area (TPSA) is 79.4 Å². The first-order valence-corrected chi connectivity index (χ1v) is 12.4. The van der Waals surface area contributed by atoms with Crippen LogP contribution in [0.5, 0.6) is 0 Å². The molecule has 0 saturated carbocycles. The predicted molar refractivity (Wildman–Crippen MR) is 137 cm³/mol. The Hall–Kier alpha value is -3.68. The van der Waals surface area contributed by atoms with Crippen LogP contribution in [0.25, 0.3) is 43.6 Å². The van der Waals surface area contributed by atoms with E-state index in [-0.39, 0.29) is 11.8 Å². The molecule has 2 N–H and O–H groups in total. The second-order valence-corrected chi connectivity index (χ2v) is 9.51. The molecule has 0 spiro atoms. The summed E-state index contributed by atoms with van der Waals surface area (Å²) < 4.78 is 8.31. The number of para-hydroxylation sites is 2. The van der Waals surface area contributed by atoms with Crippen LogP contribution in [0.1, 0.15) is 33.6 Å². The van der Waals surface area contributed by atoms with Crippen molar-refractivity contribution in [3.05, 3.63) is 59.7 Å². The van der Waals surface area contributed by atoms with E-state index in [0.717, 1.165) is 50.2 Å². The first-order valence-electron chi connectivity index (χ1n) is 12.4. The van der Waals surface area contributed by atoms with E-state index in [1.165, 1.54) is 25.9 Å². The first kappa shape index (κ1) is 20.7. The Bertz CT molecular complexity index is 1660. The zero-order valence-corrected chi connectivity index (χ0v) is 19.4. The normalized spacial score (nSPS) is 16.3. The van der Waals surface area contributed by atoms with E-state index < -0.39 is 0 Å². The number of fused-ring (bicyclic) bond motifs is 10. The molecule has 0 unspecified atom stereocenters. The molecule has 1 saturated heterocycles. The van der Waals surface area contributed by atoms with E-state index >= 15 is 0 Å². The van der Waals surface area contributed by atoms with E-state index in [1.807, 2.05) is 42.5 Å². The Balaban J connectivity index is 1.42. The molecule has 0 aliphatic carbocycles. The molecule has 3 aromatic carbocycles. The Morgan fingerprint density at radius 2 is 1.49 bits per heavy atom. The highest BCUT2D eigenvalue weighted by molar-refractivity contribution is 6.39. The molecule has 2 aliphatic rings. The molecule has 7 rings (SSSR count). The van der Waals surface area contributed by atoms with Crippen LogP contribution in [-0.4, -0.2) is 59.1 Å². The van der Waals surface area contributed by atoms with E-state index in [0.29, 0.717) is 30.9 Å². The number of ether oxygens (including phenoxy) is 1. The molecule has 176 valence electrons. The lowest BCUT2D eigenvalue weighted by Gasteiger charge is -2.15. The van der Waals surface area contributed by atoms with Gasteiger partial charge in [0.15, 0.2) is 0 Å². The fourth-order valence-electron chi connectivity index (χ4n) is 6.02. The van der Waals surface area contributed by atoms with Crippen molar-refractivity contribution in [3.63, 3.8) is 0 Å². The average molecular weight is 467 g/mol. The monoisotopic (exact) mass is 466 g/mol. The number of hydrogen-bond acceptors (Lipinski definition) is 4. The summed E-state index contributed by atoms with van der Waals surface area (Å²) in [6, 6.07) is 16.1. The van der Waals surface area contributed by atoms with Gasteiger partial charge >= 0.3 is 0 Å². The van der Waals surface area contributed by atoms with Gasteiger partial charge in [0, 0.05) is 45.7 Å². The van der Waals surface area contributed by atoms with Crippen LogP contribution in [0, 0.1) is 0 Å². The summed E-state index contributed by atoms with van der Waals surface area (Å²) in [6.45, 7) is 5.25. The van der Waals surface area contributed by atoms with E-state index in [4.69, 9.17) is 4.74 Å². The van der Waals surface area contributed by atoms with Gasteiger partial charge in [-0.3, -0.25) is 14.9 Å². The maximum Gasteiger partial charge on any atom is 0.259 e. The quantitative estimate of drug-likeness (QED) is 0.287. The fourth-order valence-corrected chi connectivity index (χ4v) is 6.02. The summed E-state index contributed by atoms with van der Waals surface area (Å²) >= 11 is 0. The van der Waals surface area contributed by atoms with Crippen molar-refractivity contribution < 1.29 is 14.3 Å². The van der Waals surface area contributed by atoms with Crippen molar-refractivity contribution in [2.45, 2.75) is 19.4 Å². The van der Waals surface area contributed by atoms with Crippen LogP contribution < -0.4 is 5.32 Å². The third kappa shape index (κ3) is 3.05. The van der Waals surface area contributed by atoms with Crippen molar-refractivity contribution in [2.75, 3.05) is 32.8 Å². The largest absolute Gasteiger partial charge is 0.378 e. The number of carbonyl (C=O) groups excluding carboxylic acids is 2. The van der Waals surface area contributed by atoms with Gasteiger partial charge in [0.05, 0.1) is 35.4 Å². The number of amides is 2. The van der Waals surface area contributed by atoms with Gasteiger partial charge in [0.2, 0.25) is 0 Å². The second-order valence-electron chi connectivity index (χ2n) is 9.51. The summed E-state index contributed by atoms with van der Waals surface area (Å²) in [5.41, 5.74) is 4.77. The number of aromatic amines is 1. The lowest BCUT2D eigenvalue weighted by molar-refractivity contribution is 0.0880. The zero-order chi connectivity index (χ0) is 23.5. The number of nitrogens with one attached hydrogen (secondary N) is 2. The number of H-pyrrole nitrogens is 1. The van der Waals surface area contributed by atoms with Gasteiger partial charge in [-0.1, -0.05) is 36.4 Å². The molecule has 0 bridgehead atoms. The molecule has 2 aromatic heterocycles. The number of rotatable bonds is 6. The van der Waals surface area contributed by atoms with Crippen LogP contribution >= 0.6 is 0 Å². The van der Waals surface area contributed by atoms with Gasteiger partial charge in [0.25, 0.3) is 11.8 Å². The molecule has 4 heterocycles. The summed E-state index contributed by atoms with van der Waals surface area (Å²) in [5.74, 6) is -0.657. The smallest absolute Gasteiger partial charge is 0.259 e. The lowest BCUT2D eigenvalue weighted by Crippen LogP contribution is -2.24. The first-order chi connectivity index (χ1) is 17.2. The van der Waals surface area contributed by atoms with E-state index in [1.54, 1.807) is 0 Å². The van der Waals surface area contributed by atoms with Crippen LogP contribution in [-0.2, 0) is 11.3 Å². The maximum atomic E-state index is 13.1. The van der Waals surface area contributed by atoms with Crippen molar-refractivity contribution in [1.29, 1.82) is 0 Å². The van der Waals surface area contributed by atoms with E-state index in [9.17, 15) is 9.59 Å². The number of carbonyl (C=O) groups is 2. The highest BCUT2D eigenvalue weighted by atomic mass is 16.5. The van der Waals surface area contributed by atoms with Gasteiger partial charge in [-0.2, -0.15) is 0 Å². The minimum absolute atomic E-state index is 0.327. The summed E-state index contributed by atoms with van der Waals surface area (Å²) in [4.78, 5) is 32.1. The highest BCUT2D eigenvalue weighted by Crippen LogP contribution is 2.43. The predicted octanol–water partition coefficient (Wildman–Crippen LogP) is 4.43. The second kappa shape index (κ2) is 7.93. The maximum absolute atomic E-state index is 13.1. The molecule has 1 fully saturated rings. The number of benzene rings is 3. The molecule has 35 heavy (non-hydrogen) atoms. The lowest BCUT2D eigenvalue weighted by atomic mass is 9.97. The van der Waals surface area contributed by atoms with Crippen LogP contribution in [0.15, 0.2) is 48.5 Å². The minimum atomic E-state index is -0.330. The third-order valence-corrected chi connectivity index (χ3v) is 7.55. The molecule has 0 radical (unpaired) electrons. The average Bonchev–Trinajstić information content (AvgIpc) is 3.63. The number of aromatic nitrogens is 2. The van der Waals surface area contributed by atoms with Gasteiger partial charge in [-0.25, -0.2) is 0 Å². The summed E-state index contributed by atoms with van der Waals surface area (Å²) in [7, 11) is 0. The van der Waals surface area contributed by atoms with Crippen molar-refractivity contribution in [2.24, 2.45) is 0 Å². The molecule has 7 nitrogen and oxygen atoms in total. The molecule has 5 aromatic rings. The summed E-state index contributed by atoms with van der Waals surface area (Å²) in [6.07, 6.45) is 2.56. The fraction of sp³-hybridized carbons (Fsp3) is 0.286. The van der Waals surface area contributed by atoms with Crippen LogP contribution in [0.4, 0.5) is 0 Å². The minimum Gasteiger partial charge on any atom is -0.378 e. The Labute approximate surface area is 201 Å². The van der Waals surface area contributed by atoms with Gasteiger partial charge < -0.3 is 19.2 Å². The third-order valence-electron chi connectivity index (χ3n) is 7.55. The molecule has 2 amide bonds. The van der Waals surface area contributed by atoms with Crippen LogP contribution in [0.2, 0.25) is 0 Å². The molecule has 2 aliphatic heterocycles. The SMILES string of the molecule is O=C1NC(=O)c2c1c1c3ccccc3[nH]c1c1c2c2ccccc2n1CCOCCN1CCCC1. The highest BCUT2D eigenvalue weighted by Gasteiger charge is 2.35. The standard InChI is InChI=1S/C28H26N4O3/c33-27-23-21-17-7-1-3-9-19(17)29-25(21)26-22(24(23)28(34)30-27)18-8-2-4-10-20(18)32(26)14-16-35-15-13-31-11-5-6-12-31/h1-4,7-10,29H,5-6,11-16H2,(H,30,33,34). The number of imide groups is 1. The molecular weight excluding hydrogens is 440 g/mol. The molecule has 7 heteroatoms. The number of nitrogens with zero attached hydrogens (tertiary/aromatic N) is 2. The Morgan fingerprint density at radius 3 is 2.31 bits per heavy atom. The molecule has 0 atom stereocenters. The van der Waals surface area contributed by atoms with Gasteiger partial charge in [0.1, 0.15) is 0 Å². The molecular formula is C28H26N4O3. The van der Waals surface area contributed by atoms with Gasteiger partial charge in [-0.05, 0) is 38.1 Å². The number of hydrogen-bond donors (Lipinski definition) is 2. The van der Waals surface area contributed by atoms with Crippen LogP contribution in [0.3, 0.4) is 0 Å². The summed E-state index contributed by atoms with van der Waals surface area (Å²) in [5, 5.41) is 6.11. The Kier molecular flexibility index (Phi) is 4.69. The van der Waals surface area contributed by atoms with Crippen molar-refractivity contribution in [1.82, 2.24) is 19.8 Å². The zero-order valence-electron chi connectivity index (χ0n) is 19.4. The van der Waals surface area contributed by atoms with E-state index in [2.05, 4.69) is 25.8 Å².